The van der Waals surface area contributed by atoms with Crippen LogP contribution in [0.25, 0.3) is 0 Å². The molecule has 0 saturated carbocycles. The van der Waals surface area contributed by atoms with Crippen LogP contribution in [0.5, 0.6) is 0 Å². The van der Waals surface area contributed by atoms with E-state index in [2.05, 4.69) is 34.1 Å². The van der Waals surface area contributed by atoms with Gasteiger partial charge < -0.3 is 5.32 Å². The minimum atomic E-state index is 0.389. The van der Waals surface area contributed by atoms with Crippen molar-refractivity contribution in [2.45, 2.75) is 38.9 Å². The van der Waals surface area contributed by atoms with Gasteiger partial charge in [-0.15, -0.1) is 0 Å². The summed E-state index contributed by atoms with van der Waals surface area (Å²) >= 11 is 0. The number of likely N-dealkylation sites (N-methyl/N-ethyl adjacent to an activating group) is 1. The molecule has 5 nitrogen and oxygen atoms in total. The van der Waals surface area contributed by atoms with Gasteiger partial charge in [0.2, 0.25) is 0 Å². The zero-order valence-electron chi connectivity index (χ0n) is 10.3. The van der Waals surface area contributed by atoms with Gasteiger partial charge in [-0.1, -0.05) is 0 Å². The van der Waals surface area contributed by atoms with Gasteiger partial charge in [0, 0.05) is 25.2 Å². The van der Waals surface area contributed by atoms with Gasteiger partial charge in [-0.2, -0.15) is 5.10 Å². The van der Waals surface area contributed by atoms with Crippen molar-refractivity contribution in [1.29, 1.82) is 0 Å². The van der Waals surface area contributed by atoms with E-state index in [4.69, 9.17) is 0 Å². The summed E-state index contributed by atoms with van der Waals surface area (Å²) in [5, 5.41) is 7.59. The van der Waals surface area contributed by atoms with Crippen molar-refractivity contribution in [2.75, 3.05) is 20.1 Å². The van der Waals surface area contributed by atoms with E-state index >= 15 is 0 Å². The van der Waals surface area contributed by atoms with Crippen molar-refractivity contribution in [1.82, 2.24) is 25.0 Å². The van der Waals surface area contributed by atoms with E-state index in [1.807, 2.05) is 11.7 Å². The number of likely N-dealkylation sites (tertiary alicyclic amines) is 1. The van der Waals surface area contributed by atoms with E-state index in [9.17, 15) is 0 Å². The first-order valence-electron chi connectivity index (χ1n) is 5.98. The molecule has 1 aromatic heterocycles. The van der Waals surface area contributed by atoms with E-state index < -0.39 is 0 Å². The first-order chi connectivity index (χ1) is 7.70. The van der Waals surface area contributed by atoms with Gasteiger partial charge in [0.15, 0.2) is 0 Å². The van der Waals surface area contributed by atoms with Crippen LogP contribution in [0.2, 0.25) is 0 Å². The molecule has 1 saturated heterocycles. The third kappa shape index (κ3) is 2.41. The van der Waals surface area contributed by atoms with Gasteiger partial charge in [0.1, 0.15) is 12.2 Å². The summed E-state index contributed by atoms with van der Waals surface area (Å²) < 4.78 is 2.01. The fourth-order valence-electron chi connectivity index (χ4n) is 2.23. The summed E-state index contributed by atoms with van der Waals surface area (Å²) in [4.78, 5) is 6.78. The Hall–Kier alpha value is -0.940. The Bertz CT molecular complexity index is 333. The van der Waals surface area contributed by atoms with Crippen LogP contribution in [-0.4, -0.2) is 45.8 Å². The van der Waals surface area contributed by atoms with E-state index in [1.165, 1.54) is 6.42 Å². The number of rotatable bonds is 4. The Balaban J connectivity index is 1.96. The monoisotopic (exact) mass is 223 g/mol. The summed E-state index contributed by atoms with van der Waals surface area (Å²) in [6.07, 6.45) is 2.88. The maximum absolute atomic E-state index is 4.34. The van der Waals surface area contributed by atoms with Crippen molar-refractivity contribution in [3.8, 4) is 0 Å². The van der Waals surface area contributed by atoms with Gasteiger partial charge in [0.25, 0.3) is 0 Å². The largest absolute Gasteiger partial charge is 0.316 e. The second-order valence-corrected chi connectivity index (χ2v) is 4.72. The number of aromatic nitrogens is 3. The highest BCUT2D eigenvalue weighted by Gasteiger charge is 2.22. The smallest absolute Gasteiger partial charge is 0.141 e. The highest BCUT2D eigenvalue weighted by molar-refractivity contribution is 4.90. The molecular weight excluding hydrogens is 202 g/mol. The maximum atomic E-state index is 4.34. The highest BCUT2D eigenvalue weighted by atomic mass is 15.4. The molecule has 0 bridgehead atoms. The summed E-state index contributed by atoms with van der Waals surface area (Å²) in [5.41, 5.74) is 0. The Labute approximate surface area is 96.8 Å². The number of hydrogen-bond donors (Lipinski definition) is 1. The standard InChI is InChI=1S/C11H21N5/c1-9(2)16-11(13-8-14-16)7-15-5-4-10(6-15)12-3/h8-10,12H,4-7H2,1-3H3. The van der Waals surface area contributed by atoms with E-state index in [0.29, 0.717) is 12.1 Å². The average Bonchev–Trinajstić information content (AvgIpc) is 2.87. The van der Waals surface area contributed by atoms with Crippen molar-refractivity contribution in [2.24, 2.45) is 0 Å². The van der Waals surface area contributed by atoms with Crippen molar-refractivity contribution in [3.05, 3.63) is 12.2 Å². The third-order valence-corrected chi connectivity index (χ3v) is 3.18. The molecule has 1 atom stereocenters. The molecule has 0 amide bonds. The summed E-state index contributed by atoms with van der Waals surface area (Å²) in [6, 6.07) is 1.02. The topological polar surface area (TPSA) is 46.0 Å². The fraction of sp³-hybridized carbons (Fsp3) is 0.818. The van der Waals surface area contributed by atoms with Gasteiger partial charge >= 0.3 is 0 Å². The van der Waals surface area contributed by atoms with Crippen molar-refractivity contribution >= 4 is 0 Å². The van der Waals surface area contributed by atoms with Crippen molar-refractivity contribution in [3.63, 3.8) is 0 Å². The average molecular weight is 223 g/mol. The number of hydrogen-bond acceptors (Lipinski definition) is 4. The fourth-order valence-corrected chi connectivity index (χ4v) is 2.23. The maximum Gasteiger partial charge on any atom is 0.141 e. The molecule has 1 unspecified atom stereocenters. The van der Waals surface area contributed by atoms with Crippen LogP contribution in [0.1, 0.15) is 32.1 Å². The minimum absolute atomic E-state index is 0.389. The SMILES string of the molecule is CNC1CCN(Cc2ncnn2C(C)C)C1. The third-order valence-electron chi connectivity index (χ3n) is 3.18. The molecule has 0 radical (unpaired) electrons. The van der Waals surface area contributed by atoms with E-state index in [1.54, 1.807) is 6.33 Å². The minimum Gasteiger partial charge on any atom is -0.316 e. The molecule has 5 heteroatoms. The van der Waals surface area contributed by atoms with Crippen LogP contribution in [0.3, 0.4) is 0 Å². The zero-order valence-corrected chi connectivity index (χ0v) is 10.3. The molecule has 1 aromatic rings. The molecule has 1 N–H and O–H groups in total. The molecule has 2 rings (SSSR count). The molecule has 2 heterocycles. The molecule has 0 aromatic carbocycles. The van der Waals surface area contributed by atoms with Crippen LogP contribution in [0.15, 0.2) is 6.33 Å². The molecule has 1 aliphatic rings. The van der Waals surface area contributed by atoms with Crippen LogP contribution < -0.4 is 5.32 Å². The Morgan fingerprint density at radius 1 is 1.56 bits per heavy atom. The molecule has 90 valence electrons. The summed E-state index contributed by atoms with van der Waals surface area (Å²) in [6.45, 7) is 7.45. The highest BCUT2D eigenvalue weighted by Crippen LogP contribution is 2.13. The van der Waals surface area contributed by atoms with Crippen LogP contribution in [0, 0.1) is 0 Å². The summed E-state index contributed by atoms with van der Waals surface area (Å²) in [5.74, 6) is 1.08. The lowest BCUT2D eigenvalue weighted by atomic mass is 10.3. The lowest BCUT2D eigenvalue weighted by Gasteiger charge is -2.17. The van der Waals surface area contributed by atoms with E-state index in [0.717, 1.165) is 25.5 Å². The Morgan fingerprint density at radius 3 is 3.00 bits per heavy atom. The molecule has 1 aliphatic heterocycles. The molecule has 16 heavy (non-hydrogen) atoms. The number of nitrogens with one attached hydrogen (secondary N) is 1. The van der Waals surface area contributed by atoms with Gasteiger partial charge in [-0.3, -0.25) is 4.90 Å². The van der Waals surface area contributed by atoms with Gasteiger partial charge in [-0.05, 0) is 27.3 Å². The molecule has 0 spiro atoms. The second kappa shape index (κ2) is 4.93. The predicted octanol–water partition coefficient (Wildman–Crippen LogP) is 0.653. The van der Waals surface area contributed by atoms with Crippen molar-refractivity contribution < 1.29 is 0 Å². The lowest BCUT2D eigenvalue weighted by Crippen LogP contribution is -2.30. The molecule has 1 fully saturated rings. The first-order valence-corrected chi connectivity index (χ1v) is 5.98. The molecular formula is C11H21N5. The van der Waals surface area contributed by atoms with E-state index in [-0.39, 0.29) is 0 Å². The summed E-state index contributed by atoms with van der Waals surface area (Å²) in [7, 11) is 2.03. The zero-order chi connectivity index (χ0) is 11.5. The van der Waals surface area contributed by atoms with Crippen LogP contribution in [-0.2, 0) is 6.54 Å². The first kappa shape index (κ1) is 11.5. The van der Waals surface area contributed by atoms with Crippen LogP contribution >= 0.6 is 0 Å². The quantitative estimate of drug-likeness (QED) is 0.814. The van der Waals surface area contributed by atoms with Gasteiger partial charge in [-0.25, -0.2) is 9.67 Å². The predicted molar refractivity (Wildman–Crippen MR) is 63.1 cm³/mol. The van der Waals surface area contributed by atoms with Gasteiger partial charge in [0.05, 0.1) is 6.54 Å². The Morgan fingerprint density at radius 2 is 2.38 bits per heavy atom. The lowest BCUT2D eigenvalue weighted by molar-refractivity contribution is 0.302. The normalized spacial score (nSPS) is 22.1. The van der Waals surface area contributed by atoms with Crippen LogP contribution in [0.4, 0.5) is 0 Å². The number of nitrogens with zero attached hydrogens (tertiary/aromatic N) is 4. The second-order valence-electron chi connectivity index (χ2n) is 4.72. The molecule has 0 aliphatic carbocycles. The Kier molecular flexibility index (Phi) is 3.56.